The highest BCUT2D eigenvalue weighted by Gasteiger charge is 2.24. The zero-order valence-corrected chi connectivity index (χ0v) is 19.0. The third-order valence-corrected chi connectivity index (χ3v) is 6.67. The van der Waals surface area contributed by atoms with Crippen molar-refractivity contribution in [2.24, 2.45) is 0 Å². The van der Waals surface area contributed by atoms with E-state index in [-0.39, 0.29) is 11.6 Å². The second-order valence-electron chi connectivity index (χ2n) is 8.81. The molecule has 0 atom stereocenters. The van der Waals surface area contributed by atoms with Gasteiger partial charge in [-0.05, 0) is 74.6 Å². The first kappa shape index (κ1) is 21.2. The van der Waals surface area contributed by atoms with Crippen LogP contribution in [-0.4, -0.2) is 5.78 Å². The Bertz CT molecular complexity index is 1770. The van der Waals surface area contributed by atoms with Crippen LogP contribution in [0.4, 0.5) is 8.78 Å². The predicted molar refractivity (Wildman–Crippen MR) is 139 cm³/mol. The van der Waals surface area contributed by atoms with Gasteiger partial charge in [0, 0.05) is 16.7 Å². The first-order valence-electron chi connectivity index (χ1n) is 11.5. The second-order valence-corrected chi connectivity index (χ2v) is 8.81. The first-order valence-corrected chi connectivity index (χ1v) is 11.5. The van der Waals surface area contributed by atoms with Crippen molar-refractivity contribution < 1.29 is 13.6 Å². The van der Waals surface area contributed by atoms with Crippen LogP contribution >= 0.6 is 0 Å². The minimum Gasteiger partial charge on any atom is -0.289 e. The number of rotatable bonds is 3. The Balaban J connectivity index is 1.93. The van der Waals surface area contributed by atoms with Gasteiger partial charge in [-0.15, -0.1) is 0 Å². The van der Waals surface area contributed by atoms with Crippen LogP contribution in [0.3, 0.4) is 0 Å². The zero-order valence-electron chi connectivity index (χ0n) is 19.0. The van der Waals surface area contributed by atoms with Crippen LogP contribution in [0.25, 0.3) is 43.4 Å². The minimum absolute atomic E-state index is 0.202. The van der Waals surface area contributed by atoms with E-state index in [0.717, 1.165) is 38.1 Å². The topological polar surface area (TPSA) is 17.1 Å². The van der Waals surface area contributed by atoms with Crippen LogP contribution in [0.15, 0.2) is 103 Å². The molecule has 6 aromatic rings. The molecule has 0 unspecified atom stereocenters. The summed E-state index contributed by atoms with van der Waals surface area (Å²) in [7, 11) is 0. The molecule has 0 aliphatic carbocycles. The van der Waals surface area contributed by atoms with E-state index in [1.54, 1.807) is 24.3 Å². The van der Waals surface area contributed by atoms with Gasteiger partial charge >= 0.3 is 0 Å². The third kappa shape index (κ3) is 3.39. The minimum atomic E-state index is -0.415. The highest BCUT2D eigenvalue weighted by atomic mass is 19.1. The second kappa shape index (κ2) is 8.14. The van der Waals surface area contributed by atoms with Gasteiger partial charge in [-0.25, -0.2) is 8.78 Å². The number of ketones is 1. The molecule has 0 heterocycles. The number of hydrogen-bond acceptors (Lipinski definition) is 1. The number of halogens is 2. The Morgan fingerprint density at radius 2 is 1.17 bits per heavy atom. The Morgan fingerprint density at radius 3 is 1.86 bits per heavy atom. The van der Waals surface area contributed by atoms with E-state index in [4.69, 9.17) is 0 Å². The fourth-order valence-corrected chi connectivity index (χ4v) is 5.14. The molecular weight excluding hydrogens is 438 g/mol. The molecule has 0 aromatic heterocycles. The first-order chi connectivity index (χ1) is 17.0. The molecule has 35 heavy (non-hydrogen) atoms. The summed E-state index contributed by atoms with van der Waals surface area (Å²) in [5.41, 5.74) is 3.41. The third-order valence-electron chi connectivity index (χ3n) is 6.67. The van der Waals surface area contributed by atoms with E-state index in [9.17, 15) is 13.6 Å². The highest BCUT2D eigenvalue weighted by molar-refractivity contribution is 6.32. The summed E-state index contributed by atoms with van der Waals surface area (Å²) in [6.45, 7) is 1.99. The van der Waals surface area contributed by atoms with Crippen molar-refractivity contribution in [2.45, 2.75) is 6.92 Å². The normalized spacial score (nSPS) is 11.4. The number of benzene rings is 6. The maximum atomic E-state index is 14.6. The van der Waals surface area contributed by atoms with E-state index in [1.807, 2.05) is 55.5 Å². The predicted octanol–water partition coefficient (Wildman–Crippen LogP) is 8.63. The smallest absolute Gasteiger partial charge is 0.194 e. The average Bonchev–Trinajstić information content (AvgIpc) is 2.88. The summed E-state index contributed by atoms with van der Waals surface area (Å²) < 4.78 is 29.2. The number of fused-ring (bicyclic) bond motifs is 5. The molecular formula is C32H20F2O. The van der Waals surface area contributed by atoms with Crippen LogP contribution in [-0.2, 0) is 0 Å². The van der Waals surface area contributed by atoms with Gasteiger partial charge in [-0.2, -0.15) is 0 Å². The summed E-state index contributed by atoms with van der Waals surface area (Å²) in [6.07, 6.45) is 0. The Morgan fingerprint density at radius 1 is 0.600 bits per heavy atom. The SMILES string of the molecule is Cc1cc2c3ccc(F)cc3c(C(=O)c3ccccc3)c(-c3ccccc3)c2c2cc(F)ccc12. The molecule has 0 spiro atoms. The summed E-state index contributed by atoms with van der Waals surface area (Å²) in [5.74, 6) is -0.966. The van der Waals surface area contributed by atoms with Gasteiger partial charge < -0.3 is 0 Å². The van der Waals surface area contributed by atoms with Crippen molar-refractivity contribution in [1.29, 1.82) is 0 Å². The Hall–Kier alpha value is -4.37. The van der Waals surface area contributed by atoms with Crippen molar-refractivity contribution in [3.8, 4) is 11.1 Å². The summed E-state index contributed by atoms with van der Waals surface area (Å²) >= 11 is 0. The van der Waals surface area contributed by atoms with Crippen LogP contribution < -0.4 is 0 Å². The molecule has 0 aliphatic heterocycles. The van der Waals surface area contributed by atoms with Crippen LogP contribution in [0.5, 0.6) is 0 Å². The van der Waals surface area contributed by atoms with E-state index in [0.29, 0.717) is 22.1 Å². The van der Waals surface area contributed by atoms with Crippen molar-refractivity contribution in [3.05, 3.63) is 131 Å². The molecule has 0 saturated heterocycles. The molecule has 1 nitrogen and oxygen atoms in total. The molecule has 6 rings (SSSR count). The lowest BCUT2D eigenvalue weighted by atomic mass is 9.82. The average molecular weight is 459 g/mol. The number of carbonyl (C=O) groups is 1. The zero-order chi connectivity index (χ0) is 24.1. The Labute approximate surface area is 201 Å². The van der Waals surface area contributed by atoms with Gasteiger partial charge in [0.1, 0.15) is 11.6 Å². The molecule has 0 radical (unpaired) electrons. The highest BCUT2D eigenvalue weighted by Crippen LogP contribution is 2.44. The molecule has 3 heteroatoms. The molecule has 0 N–H and O–H groups in total. The number of carbonyl (C=O) groups excluding carboxylic acids is 1. The molecule has 0 fully saturated rings. The molecule has 0 amide bonds. The molecule has 0 bridgehead atoms. The molecule has 168 valence electrons. The molecule has 0 aliphatic rings. The maximum Gasteiger partial charge on any atom is 0.194 e. The van der Waals surface area contributed by atoms with Crippen molar-refractivity contribution in [3.63, 3.8) is 0 Å². The largest absolute Gasteiger partial charge is 0.289 e. The van der Waals surface area contributed by atoms with Crippen LogP contribution in [0.2, 0.25) is 0 Å². The molecule has 0 saturated carbocycles. The van der Waals surface area contributed by atoms with E-state index < -0.39 is 5.82 Å². The summed E-state index contributed by atoms with van der Waals surface area (Å²) in [6, 6.07) is 30.0. The van der Waals surface area contributed by atoms with E-state index in [1.165, 1.54) is 24.3 Å². The van der Waals surface area contributed by atoms with Gasteiger partial charge in [-0.3, -0.25) is 4.79 Å². The van der Waals surface area contributed by atoms with Gasteiger partial charge in [0.2, 0.25) is 0 Å². The fraction of sp³-hybridized carbons (Fsp3) is 0.0312. The fourth-order valence-electron chi connectivity index (χ4n) is 5.14. The van der Waals surface area contributed by atoms with E-state index in [2.05, 4.69) is 6.07 Å². The summed E-state index contributed by atoms with van der Waals surface area (Å²) in [4.78, 5) is 14.1. The molecule has 6 aromatic carbocycles. The van der Waals surface area contributed by atoms with Crippen molar-refractivity contribution >= 4 is 38.1 Å². The monoisotopic (exact) mass is 458 g/mol. The van der Waals surface area contributed by atoms with Gasteiger partial charge in [-0.1, -0.05) is 78.9 Å². The van der Waals surface area contributed by atoms with Crippen LogP contribution in [0.1, 0.15) is 21.5 Å². The van der Waals surface area contributed by atoms with Crippen molar-refractivity contribution in [1.82, 2.24) is 0 Å². The number of hydrogen-bond donors (Lipinski definition) is 0. The van der Waals surface area contributed by atoms with Crippen LogP contribution in [0, 0.1) is 18.6 Å². The number of aryl methyl sites for hydroxylation is 1. The van der Waals surface area contributed by atoms with Gasteiger partial charge in [0.05, 0.1) is 0 Å². The summed E-state index contributed by atoms with van der Waals surface area (Å²) in [5, 5.41) is 4.59. The lowest BCUT2D eigenvalue weighted by molar-refractivity contribution is 0.104. The quantitative estimate of drug-likeness (QED) is 0.192. The lowest BCUT2D eigenvalue weighted by Gasteiger charge is -2.20. The van der Waals surface area contributed by atoms with Gasteiger partial charge in [0.15, 0.2) is 5.78 Å². The lowest BCUT2D eigenvalue weighted by Crippen LogP contribution is -2.06. The maximum absolute atomic E-state index is 14.6. The standard InChI is InChI=1S/C32H20F2O/c1-19-16-26-25-15-13-23(34)18-28(25)31(32(35)21-10-6-3-7-11-21)29(20-8-4-2-5-9-20)30(26)27-17-22(33)12-14-24(19)27/h2-18H,1H3. The van der Waals surface area contributed by atoms with Crippen molar-refractivity contribution in [2.75, 3.05) is 0 Å². The van der Waals surface area contributed by atoms with E-state index >= 15 is 0 Å². The van der Waals surface area contributed by atoms with Gasteiger partial charge in [0.25, 0.3) is 0 Å². The Kier molecular flexibility index (Phi) is 4.93.